The van der Waals surface area contributed by atoms with E-state index in [9.17, 15) is 4.79 Å². The molecule has 18 heavy (non-hydrogen) atoms. The second kappa shape index (κ2) is 5.67. The predicted molar refractivity (Wildman–Crippen MR) is 66.9 cm³/mol. The third kappa shape index (κ3) is 2.53. The Balaban J connectivity index is 2.09. The number of carbonyl (C=O) groups excluding carboxylic acids is 1. The molecule has 5 heteroatoms. The molecule has 0 radical (unpaired) electrons. The van der Waals surface area contributed by atoms with Crippen LogP contribution in [0.15, 0.2) is 6.20 Å². The molecule has 0 saturated carbocycles. The van der Waals surface area contributed by atoms with Crippen LogP contribution in [0.25, 0.3) is 0 Å². The summed E-state index contributed by atoms with van der Waals surface area (Å²) in [5.74, 6) is -0.0970. The summed E-state index contributed by atoms with van der Waals surface area (Å²) in [7, 11) is 0. The van der Waals surface area contributed by atoms with Crippen LogP contribution in [0.4, 0.5) is 0 Å². The summed E-state index contributed by atoms with van der Waals surface area (Å²) in [6.45, 7) is 2.87. The molecule has 0 aliphatic carbocycles. The Morgan fingerprint density at radius 2 is 2.50 bits per heavy atom. The molecule has 1 atom stereocenters. The van der Waals surface area contributed by atoms with Crippen LogP contribution in [0.3, 0.4) is 0 Å². The highest BCUT2D eigenvalue weighted by atomic mass is 16.1. The monoisotopic (exact) mass is 246 g/mol. The summed E-state index contributed by atoms with van der Waals surface area (Å²) < 4.78 is 1.92. The fourth-order valence-corrected chi connectivity index (χ4v) is 2.28. The first-order chi connectivity index (χ1) is 8.76. The fourth-order valence-electron chi connectivity index (χ4n) is 2.28. The van der Waals surface area contributed by atoms with Crippen LogP contribution in [0.5, 0.6) is 0 Å². The number of nitrogens with zero attached hydrogens (tertiary/aromatic N) is 3. The lowest BCUT2D eigenvalue weighted by molar-refractivity contribution is 0.0935. The molecule has 96 valence electrons. The minimum Gasteiger partial charge on any atom is -0.348 e. The van der Waals surface area contributed by atoms with E-state index < -0.39 is 0 Å². The van der Waals surface area contributed by atoms with Crippen molar-refractivity contribution in [3.05, 3.63) is 17.5 Å². The lowest BCUT2D eigenvalue weighted by atomic mass is 10.1. The van der Waals surface area contributed by atoms with Crippen molar-refractivity contribution in [3.63, 3.8) is 0 Å². The molecule has 0 spiro atoms. The van der Waals surface area contributed by atoms with Crippen molar-refractivity contribution in [2.24, 2.45) is 0 Å². The van der Waals surface area contributed by atoms with E-state index in [2.05, 4.69) is 16.5 Å². The number of aromatic nitrogens is 2. The number of fused-ring (bicyclic) bond motifs is 1. The first-order valence-electron chi connectivity index (χ1n) is 6.48. The Hall–Kier alpha value is -1.83. The van der Waals surface area contributed by atoms with E-state index in [-0.39, 0.29) is 11.9 Å². The summed E-state index contributed by atoms with van der Waals surface area (Å²) in [6.07, 6.45) is 5.92. The maximum Gasteiger partial charge on any atom is 0.255 e. The van der Waals surface area contributed by atoms with Crippen LogP contribution in [0.1, 0.15) is 48.7 Å². The van der Waals surface area contributed by atoms with Gasteiger partial charge in [0, 0.05) is 12.6 Å². The van der Waals surface area contributed by atoms with Crippen LogP contribution in [0.2, 0.25) is 0 Å². The Labute approximate surface area is 107 Å². The molecule has 0 saturated heterocycles. The topological polar surface area (TPSA) is 70.7 Å². The molecule has 0 fully saturated rings. The molecular formula is C13H18N4O. The van der Waals surface area contributed by atoms with Gasteiger partial charge in [0.25, 0.3) is 5.91 Å². The lowest BCUT2D eigenvalue weighted by Crippen LogP contribution is -2.34. The molecule has 2 heterocycles. The van der Waals surface area contributed by atoms with Gasteiger partial charge in [-0.15, -0.1) is 0 Å². The highest BCUT2D eigenvalue weighted by Crippen LogP contribution is 2.18. The van der Waals surface area contributed by atoms with E-state index in [0.29, 0.717) is 12.0 Å². The standard InChI is InChI=1S/C13H18N4O/c1-2-10(6-7-14)16-13(18)11-9-15-17-8-4-3-5-12(11)17/h9-10H,2-6,8H2,1H3,(H,16,18)/t10-/m1/s1. The first kappa shape index (κ1) is 12.6. The van der Waals surface area contributed by atoms with Crippen LogP contribution in [-0.2, 0) is 13.0 Å². The van der Waals surface area contributed by atoms with Gasteiger partial charge < -0.3 is 5.32 Å². The smallest absolute Gasteiger partial charge is 0.255 e. The Morgan fingerprint density at radius 3 is 3.22 bits per heavy atom. The molecule has 1 N–H and O–H groups in total. The van der Waals surface area contributed by atoms with Gasteiger partial charge in [-0.25, -0.2) is 0 Å². The molecule has 1 aliphatic heterocycles. The van der Waals surface area contributed by atoms with Crippen molar-refractivity contribution in [3.8, 4) is 6.07 Å². The van der Waals surface area contributed by atoms with Crippen molar-refractivity contribution in [1.29, 1.82) is 5.26 Å². The average molecular weight is 246 g/mol. The molecule has 0 aromatic carbocycles. The van der Waals surface area contributed by atoms with Gasteiger partial charge in [-0.2, -0.15) is 10.4 Å². The molecule has 5 nitrogen and oxygen atoms in total. The van der Waals surface area contributed by atoms with Crippen molar-refractivity contribution in [1.82, 2.24) is 15.1 Å². The molecule has 0 bridgehead atoms. The molecule has 1 aromatic heterocycles. The maximum atomic E-state index is 12.1. The molecule has 1 aromatic rings. The van der Waals surface area contributed by atoms with Crippen molar-refractivity contribution in [2.75, 3.05) is 0 Å². The van der Waals surface area contributed by atoms with Crippen LogP contribution >= 0.6 is 0 Å². The maximum absolute atomic E-state index is 12.1. The second-order valence-electron chi connectivity index (χ2n) is 4.63. The SMILES string of the molecule is CC[C@H](CC#N)NC(=O)c1cnn2c1CCCC2. The summed E-state index contributed by atoms with van der Waals surface area (Å²) in [5.41, 5.74) is 1.71. The molecular weight excluding hydrogens is 228 g/mol. The normalized spacial score (nSPS) is 15.6. The summed E-state index contributed by atoms with van der Waals surface area (Å²) >= 11 is 0. The number of hydrogen-bond acceptors (Lipinski definition) is 3. The van der Waals surface area contributed by atoms with E-state index in [4.69, 9.17) is 5.26 Å². The van der Waals surface area contributed by atoms with Gasteiger partial charge >= 0.3 is 0 Å². The van der Waals surface area contributed by atoms with E-state index in [1.54, 1.807) is 6.20 Å². The van der Waals surface area contributed by atoms with E-state index in [0.717, 1.165) is 37.9 Å². The third-order valence-corrected chi connectivity index (χ3v) is 3.39. The zero-order chi connectivity index (χ0) is 13.0. The Kier molecular flexibility index (Phi) is 3.98. The molecule has 1 amide bonds. The van der Waals surface area contributed by atoms with Crippen molar-refractivity contribution >= 4 is 5.91 Å². The average Bonchev–Trinajstić information content (AvgIpc) is 2.82. The van der Waals surface area contributed by atoms with Crippen molar-refractivity contribution < 1.29 is 4.79 Å². The minimum absolute atomic E-state index is 0.0679. The zero-order valence-electron chi connectivity index (χ0n) is 10.6. The third-order valence-electron chi connectivity index (χ3n) is 3.39. The van der Waals surface area contributed by atoms with Gasteiger partial charge in [0.1, 0.15) is 0 Å². The highest BCUT2D eigenvalue weighted by molar-refractivity contribution is 5.95. The summed E-state index contributed by atoms with van der Waals surface area (Å²) in [5, 5.41) is 15.8. The number of amides is 1. The Bertz CT molecular complexity index is 472. The van der Waals surface area contributed by atoms with E-state index >= 15 is 0 Å². The highest BCUT2D eigenvalue weighted by Gasteiger charge is 2.21. The van der Waals surface area contributed by atoms with Crippen LogP contribution < -0.4 is 5.32 Å². The van der Waals surface area contributed by atoms with E-state index in [1.165, 1.54) is 0 Å². The first-order valence-corrected chi connectivity index (χ1v) is 6.48. The van der Waals surface area contributed by atoms with E-state index in [1.807, 2.05) is 11.6 Å². The summed E-state index contributed by atoms with van der Waals surface area (Å²) in [4.78, 5) is 12.1. The molecule has 1 aliphatic rings. The molecule has 2 rings (SSSR count). The minimum atomic E-state index is -0.0970. The van der Waals surface area contributed by atoms with Gasteiger partial charge in [0.05, 0.1) is 29.9 Å². The number of nitriles is 1. The van der Waals surface area contributed by atoms with Crippen LogP contribution in [-0.4, -0.2) is 21.7 Å². The predicted octanol–water partition coefficient (Wildman–Crippen LogP) is 1.64. The number of hydrogen-bond donors (Lipinski definition) is 1. The largest absolute Gasteiger partial charge is 0.348 e. The van der Waals surface area contributed by atoms with Crippen LogP contribution in [0, 0.1) is 11.3 Å². The number of carbonyl (C=O) groups is 1. The van der Waals surface area contributed by atoms with Gasteiger partial charge in [-0.1, -0.05) is 6.92 Å². The summed E-state index contributed by atoms with van der Waals surface area (Å²) in [6, 6.07) is 2.03. The van der Waals surface area contributed by atoms with Gasteiger partial charge in [0.2, 0.25) is 0 Å². The fraction of sp³-hybridized carbons (Fsp3) is 0.615. The lowest BCUT2D eigenvalue weighted by Gasteiger charge is -2.16. The van der Waals surface area contributed by atoms with Gasteiger partial charge in [-0.05, 0) is 25.7 Å². The van der Waals surface area contributed by atoms with Gasteiger partial charge in [0.15, 0.2) is 0 Å². The second-order valence-corrected chi connectivity index (χ2v) is 4.63. The Morgan fingerprint density at radius 1 is 1.67 bits per heavy atom. The number of nitrogens with one attached hydrogen (secondary N) is 1. The van der Waals surface area contributed by atoms with Crippen molar-refractivity contribution in [2.45, 2.75) is 51.6 Å². The van der Waals surface area contributed by atoms with Gasteiger partial charge in [-0.3, -0.25) is 9.48 Å². The number of aryl methyl sites for hydroxylation is 1. The quantitative estimate of drug-likeness (QED) is 0.878. The zero-order valence-corrected chi connectivity index (χ0v) is 10.6. The molecule has 0 unspecified atom stereocenters. The number of rotatable bonds is 4.